The Kier molecular flexibility index (Phi) is 5.66. The molecule has 3 heterocycles. The van der Waals surface area contributed by atoms with Crippen LogP contribution in [-0.2, 0) is 13.6 Å². The van der Waals surface area contributed by atoms with E-state index in [-0.39, 0.29) is 29.6 Å². The Morgan fingerprint density at radius 3 is 2.94 bits per heavy atom. The molecule has 1 saturated heterocycles. The SMILES string of the molecule is Cn1ccc([C@@H]2CCNC[C@H]2NC(=O)N(Cc2cccc3cnccc23)C2CC2)cc1=O. The lowest BCUT2D eigenvalue weighted by Crippen LogP contribution is -2.53. The van der Waals surface area contributed by atoms with Gasteiger partial charge in [-0.25, -0.2) is 4.79 Å². The molecule has 0 spiro atoms. The Balaban J connectivity index is 1.36. The highest BCUT2D eigenvalue weighted by molar-refractivity contribution is 5.85. The number of carbonyl (C=O) groups is 1. The molecule has 32 heavy (non-hydrogen) atoms. The van der Waals surface area contributed by atoms with Crippen molar-refractivity contribution in [3.8, 4) is 0 Å². The highest BCUT2D eigenvalue weighted by Gasteiger charge is 2.35. The third-order valence-corrected chi connectivity index (χ3v) is 6.71. The summed E-state index contributed by atoms with van der Waals surface area (Å²) in [5.74, 6) is 0.124. The molecule has 2 aromatic heterocycles. The summed E-state index contributed by atoms with van der Waals surface area (Å²) in [5.41, 5.74) is 2.12. The number of aryl methyl sites for hydroxylation is 1. The molecule has 3 aromatic rings. The van der Waals surface area contributed by atoms with Gasteiger partial charge in [0.1, 0.15) is 0 Å². The maximum absolute atomic E-state index is 13.4. The van der Waals surface area contributed by atoms with Crippen LogP contribution in [0.25, 0.3) is 10.8 Å². The number of rotatable bonds is 5. The van der Waals surface area contributed by atoms with E-state index in [2.05, 4.69) is 27.8 Å². The van der Waals surface area contributed by atoms with Crippen molar-refractivity contribution in [2.24, 2.45) is 7.05 Å². The summed E-state index contributed by atoms with van der Waals surface area (Å²) in [5, 5.41) is 8.92. The summed E-state index contributed by atoms with van der Waals surface area (Å²) in [6, 6.07) is 12.1. The van der Waals surface area contributed by atoms with Gasteiger partial charge < -0.3 is 20.1 Å². The zero-order valence-corrected chi connectivity index (χ0v) is 18.3. The smallest absolute Gasteiger partial charge is 0.318 e. The summed E-state index contributed by atoms with van der Waals surface area (Å²) in [6.07, 6.45) is 8.45. The van der Waals surface area contributed by atoms with Crippen molar-refractivity contribution in [2.75, 3.05) is 13.1 Å². The number of nitrogens with one attached hydrogen (secondary N) is 2. The van der Waals surface area contributed by atoms with Crippen molar-refractivity contribution in [3.05, 3.63) is 76.5 Å². The van der Waals surface area contributed by atoms with Gasteiger partial charge in [0.2, 0.25) is 0 Å². The number of urea groups is 1. The van der Waals surface area contributed by atoms with E-state index in [0.717, 1.165) is 47.7 Å². The number of hydrogen-bond donors (Lipinski definition) is 2. The molecule has 2 fully saturated rings. The fraction of sp³-hybridized carbons (Fsp3) is 0.400. The minimum Gasteiger partial charge on any atom is -0.333 e. The van der Waals surface area contributed by atoms with Crippen molar-refractivity contribution < 1.29 is 4.79 Å². The van der Waals surface area contributed by atoms with Crippen LogP contribution in [0.15, 0.2) is 59.8 Å². The summed E-state index contributed by atoms with van der Waals surface area (Å²) in [4.78, 5) is 31.8. The zero-order valence-electron chi connectivity index (χ0n) is 18.3. The summed E-state index contributed by atoms with van der Waals surface area (Å²) in [6.45, 7) is 2.15. The van der Waals surface area contributed by atoms with E-state index in [1.54, 1.807) is 23.9 Å². The Bertz CT molecular complexity index is 1180. The van der Waals surface area contributed by atoms with Crippen molar-refractivity contribution in [3.63, 3.8) is 0 Å². The van der Waals surface area contributed by atoms with Gasteiger partial charge in [-0.1, -0.05) is 18.2 Å². The number of benzene rings is 1. The van der Waals surface area contributed by atoms with Gasteiger partial charge in [0.15, 0.2) is 0 Å². The quantitative estimate of drug-likeness (QED) is 0.651. The van der Waals surface area contributed by atoms with Gasteiger partial charge in [0.05, 0.1) is 0 Å². The molecule has 2 amide bonds. The van der Waals surface area contributed by atoms with Crippen LogP contribution in [0.4, 0.5) is 4.79 Å². The van der Waals surface area contributed by atoms with E-state index in [0.29, 0.717) is 13.1 Å². The van der Waals surface area contributed by atoms with Gasteiger partial charge >= 0.3 is 6.03 Å². The largest absolute Gasteiger partial charge is 0.333 e. The molecule has 1 saturated carbocycles. The van der Waals surface area contributed by atoms with Gasteiger partial charge in [0.25, 0.3) is 5.56 Å². The second kappa shape index (κ2) is 8.74. The van der Waals surface area contributed by atoms with Crippen molar-refractivity contribution >= 4 is 16.8 Å². The van der Waals surface area contributed by atoms with E-state index in [4.69, 9.17) is 0 Å². The Morgan fingerprint density at radius 2 is 2.12 bits per heavy atom. The van der Waals surface area contributed by atoms with Gasteiger partial charge in [-0.2, -0.15) is 0 Å². The zero-order chi connectivity index (χ0) is 22.1. The molecule has 7 nitrogen and oxygen atoms in total. The van der Waals surface area contributed by atoms with Crippen LogP contribution in [0.2, 0.25) is 0 Å². The topological polar surface area (TPSA) is 79.3 Å². The first-order valence-corrected chi connectivity index (χ1v) is 11.4. The van der Waals surface area contributed by atoms with E-state index < -0.39 is 0 Å². The number of piperidine rings is 1. The number of amides is 2. The number of nitrogens with zero attached hydrogens (tertiary/aromatic N) is 3. The van der Waals surface area contributed by atoms with Crippen molar-refractivity contribution in [1.82, 2.24) is 25.1 Å². The van der Waals surface area contributed by atoms with Gasteiger partial charge in [-0.05, 0) is 54.5 Å². The lowest BCUT2D eigenvalue weighted by atomic mass is 9.86. The van der Waals surface area contributed by atoms with Crippen molar-refractivity contribution in [2.45, 2.75) is 43.8 Å². The molecule has 1 aromatic carbocycles. The Hall–Kier alpha value is -3.19. The summed E-state index contributed by atoms with van der Waals surface area (Å²) in [7, 11) is 1.75. The van der Waals surface area contributed by atoms with Gasteiger partial charge in [-0.15, -0.1) is 0 Å². The number of hydrogen-bond acceptors (Lipinski definition) is 4. The van der Waals surface area contributed by atoms with Crippen LogP contribution in [0.3, 0.4) is 0 Å². The molecule has 166 valence electrons. The first kappa shape index (κ1) is 20.7. The minimum absolute atomic E-state index is 0.0174. The third-order valence-electron chi connectivity index (χ3n) is 6.71. The van der Waals surface area contributed by atoms with Crippen LogP contribution >= 0.6 is 0 Å². The fourth-order valence-corrected chi connectivity index (χ4v) is 4.71. The number of carbonyl (C=O) groups excluding carboxylic acids is 1. The number of fused-ring (bicyclic) bond motifs is 1. The first-order valence-electron chi connectivity index (χ1n) is 11.4. The van der Waals surface area contributed by atoms with E-state index in [1.165, 1.54) is 0 Å². The lowest BCUT2D eigenvalue weighted by molar-refractivity contribution is 0.183. The lowest BCUT2D eigenvalue weighted by Gasteiger charge is -2.35. The first-order chi connectivity index (χ1) is 15.6. The molecule has 5 rings (SSSR count). The van der Waals surface area contributed by atoms with Gasteiger partial charge in [-0.3, -0.25) is 9.78 Å². The number of aromatic nitrogens is 2. The minimum atomic E-state index is -0.0543. The highest BCUT2D eigenvalue weighted by Crippen LogP contribution is 2.31. The predicted octanol–water partition coefficient (Wildman–Crippen LogP) is 2.75. The molecule has 0 radical (unpaired) electrons. The monoisotopic (exact) mass is 431 g/mol. The Labute approximate surface area is 187 Å². The molecule has 2 N–H and O–H groups in total. The predicted molar refractivity (Wildman–Crippen MR) is 125 cm³/mol. The molecule has 1 aliphatic heterocycles. The fourth-order valence-electron chi connectivity index (χ4n) is 4.71. The maximum atomic E-state index is 13.4. The summed E-state index contributed by atoms with van der Waals surface area (Å²) >= 11 is 0. The molecular formula is C25H29N5O2. The van der Waals surface area contributed by atoms with Crippen molar-refractivity contribution in [1.29, 1.82) is 0 Å². The molecule has 7 heteroatoms. The second-order valence-electron chi connectivity index (χ2n) is 8.94. The molecule has 0 unspecified atom stereocenters. The van der Waals surface area contributed by atoms with Crippen LogP contribution in [0.5, 0.6) is 0 Å². The van der Waals surface area contributed by atoms with E-state index >= 15 is 0 Å². The van der Waals surface area contributed by atoms with Crippen LogP contribution in [0, 0.1) is 0 Å². The third kappa shape index (κ3) is 4.25. The molecule has 1 aliphatic carbocycles. The van der Waals surface area contributed by atoms with E-state index in [9.17, 15) is 9.59 Å². The Morgan fingerprint density at radius 1 is 1.25 bits per heavy atom. The standard InChI is InChI=1S/C25H29N5O2/c1-29-12-9-17(13-24(29)31)22-8-11-27-15-23(22)28-25(32)30(20-5-6-20)16-19-4-2-3-18-14-26-10-7-21(18)19/h2-4,7,9-10,12-14,20,22-23,27H,5-6,8,11,15-16H2,1H3,(H,28,32)/t22-,23+/m0/s1. The summed E-state index contributed by atoms with van der Waals surface area (Å²) < 4.78 is 1.58. The highest BCUT2D eigenvalue weighted by atomic mass is 16.2. The van der Waals surface area contributed by atoms with Crippen LogP contribution < -0.4 is 16.2 Å². The van der Waals surface area contributed by atoms with E-state index in [1.807, 2.05) is 35.5 Å². The normalized spacial score (nSPS) is 20.8. The molecule has 2 aliphatic rings. The maximum Gasteiger partial charge on any atom is 0.318 e. The van der Waals surface area contributed by atoms with Crippen LogP contribution in [0.1, 0.15) is 36.3 Å². The van der Waals surface area contributed by atoms with Crippen LogP contribution in [-0.4, -0.2) is 45.7 Å². The average molecular weight is 432 g/mol. The average Bonchev–Trinajstić information content (AvgIpc) is 3.65. The molecule has 0 bridgehead atoms. The van der Waals surface area contributed by atoms with Gasteiger partial charge in [0, 0.05) is 68.2 Å². The number of pyridine rings is 2. The second-order valence-corrected chi connectivity index (χ2v) is 8.94. The molecular weight excluding hydrogens is 402 g/mol. The molecule has 2 atom stereocenters.